The van der Waals surface area contributed by atoms with E-state index in [-0.39, 0.29) is 0 Å². The van der Waals surface area contributed by atoms with E-state index in [9.17, 15) is 0 Å². The molecule has 0 aliphatic carbocycles. The van der Waals surface area contributed by atoms with E-state index in [0.717, 1.165) is 11.4 Å². The summed E-state index contributed by atoms with van der Waals surface area (Å²) < 4.78 is 31.6. The van der Waals surface area contributed by atoms with Gasteiger partial charge in [-0.3, -0.25) is 9.11 Å². The third-order valence-electron chi connectivity index (χ3n) is 3.55. The number of fused-ring (bicyclic) bond motifs is 2. The molecule has 6 N–H and O–H groups in total. The molecular weight excluding hydrogens is 364 g/mol. The average molecular weight is 384 g/mol. The number of nitrogens with two attached hydrogens (primary N) is 2. The van der Waals surface area contributed by atoms with Crippen molar-refractivity contribution in [1.29, 1.82) is 0 Å². The lowest BCUT2D eigenvalue weighted by Gasteiger charge is -1.96. The maximum absolute atomic E-state index is 8.74. The SMILES string of the molecule is Nc1ccc2ccccc2c1.Nc1ccc2ccccc2c1.O=S(=O)(O)O. The van der Waals surface area contributed by atoms with Crippen LogP contribution < -0.4 is 11.5 Å². The second-order valence-corrected chi connectivity index (χ2v) is 6.56. The van der Waals surface area contributed by atoms with E-state index in [1.54, 1.807) is 0 Å². The standard InChI is InChI=1S/2C10H9N.H2O4S/c2*11-10-6-5-8-3-1-2-4-9(8)7-10;1-5(2,3)4/h2*1-7H,11H2;(H2,1,2,3,4). The second-order valence-electron chi connectivity index (χ2n) is 5.66. The predicted molar refractivity (Wildman–Crippen MR) is 111 cm³/mol. The Morgan fingerprint density at radius 2 is 0.852 bits per heavy atom. The number of anilines is 2. The normalized spacial score (nSPS) is 10.4. The van der Waals surface area contributed by atoms with Gasteiger partial charge in [0.25, 0.3) is 0 Å². The van der Waals surface area contributed by atoms with Crippen molar-refractivity contribution in [2.75, 3.05) is 11.5 Å². The van der Waals surface area contributed by atoms with E-state index >= 15 is 0 Å². The van der Waals surface area contributed by atoms with Gasteiger partial charge in [0.05, 0.1) is 0 Å². The fourth-order valence-electron chi connectivity index (χ4n) is 2.42. The Bertz CT molecular complexity index is 1060. The van der Waals surface area contributed by atoms with Gasteiger partial charge in [-0.1, -0.05) is 60.7 Å². The van der Waals surface area contributed by atoms with Gasteiger partial charge in [0.2, 0.25) is 0 Å². The minimum Gasteiger partial charge on any atom is -0.399 e. The molecule has 7 heteroatoms. The molecule has 0 saturated heterocycles. The summed E-state index contributed by atoms with van der Waals surface area (Å²) in [5, 5.41) is 4.88. The number of hydrogen-bond donors (Lipinski definition) is 4. The van der Waals surface area contributed by atoms with Crippen molar-refractivity contribution in [2.45, 2.75) is 0 Å². The summed E-state index contributed by atoms with van der Waals surface area (Å²) in [7, 11) is -4.67. The van der Waals surface area contributed by atoms with Gasteiger partial charge in [0.1, 0.15) is 0 Å². The summed E-state index contributed by atoms with van der Waals surface area (Å²) in [4.78, 5) is 0. The molecule has 4 aromatic carbocycles. The van der Waals surface area contributed by atoms with Crippen molar-refractivity contribution in [1.82, 2.24) is 0 Å². The molecule has 0 heterocycles. The molecule has 4 aromatic rings. The summed E-state index contributed by atoms with van der Waals surface area (Å²) in [6, 6.07) is 28.2. The van der Waals surface area contributed by atoms with Gasteiger partial charge in [-0.15, -0.1) is 0 Å². The van der Waals surface area contributed by atoms with Crippen molar-refractivity contribution in [3.05, 3.63) is 84.9 Å². The van der Waals surface area contributed by atoms with Gasteiger partial charge in [-0.05, 0) is 45.8 Å². The molecule has 0 unspecified atom stereocenters. The number of nitrogen functional groups attached to an aromatic ring is 2. The molecule has 0 amide bonds. The summed E-state index contributed by atoms with van der Waals surface area (Å²) in [5.41, 5.74) is 12.9. The first-order chi connectivity index (χ1) is 12.7. The fourth-order valence-corrected chi connectivity index (χ4v) is 2.42. The van der Waals surface area contributed by atoms with Crippen molar-refractivity contribution in [3.63, 3.8) is 0 Å². The van der Waals surface area contributed by atoms with Crippen LogP contribution in [0.15, 0.2) is 84.9 Å². The maximum atomic E-state index is 8.74. The summed E-state index contributed by atoms with van der Waals surface area (Å²) in [5.74, 6) is 0. The van der Waals surface area contributed by atoms with Crippen molar-refractivity contribution in [3.8, 4) is 0 Å². The van der Waals surface area contributed by atoms with Crippen LogP contribution in [0.3, 0.4) is 0 Å². The number of benzene rings is 4. The lowest BCUT2D eigenvalue weighted by atomic mass is 10.1. The highest BCUT2D eigenvalue weighted by Crippen LogP contribution is 2.16. The topological polar surface area (TPSA) is 127 Å². The van der Waals surface area contributed by atoms with E-state index in [1.807, 2.05) is 60.7 Å². The van der Waals surface area contributed by atoms with Crippen LogP contribution in [0.5, 0.6) is 0 Å². The molecule has 0 bridgehead atoms. The quantitative estimate of drug-likeness (QED) is 0.266. The van der Waals surface area contributed by atoms with Crippen LogP contribution in [0.4, 0.5) is 11.4 Å². The molecule has 0 saturated carbocycles. The van der Waals surface area contributed by atoms with Gasteiger partial charge < -0.3 is 11.5 Å². The lowest BCUT2D eigenvalue weighted by molar-refractivity contribution is 0.381. The monoisotopic (exact) mass is 384 g/mol. The molecule has 0 atom stereocenters. The highest BCUT2D eigenvalue weighted by atomic mass is 32.3. The van der Waals surface area contributed by atoms with Gasteiger partial charge in [0.15, 0.2) is 0 Å². The zero-order valence-electron chi connectivity index (χ0n) is 14.4. The van der Waals surface area contributed by atoms with E-state index in [0.29, 0.717) is 0 Å². The molecule has 0 spiro atoms. The van der Waals surface area contributed by atoms with Crippen LogP contribution in [0, 0.1) is 0 Å². The van der Waals surface area contributed by atoms with E-state index in [4.69, 9.17) is 29.0 Å². The molecular formula is C20H20N2O4S. The van der Waals surface area contributed by atoms with Crippen LogP contribution in [-0.2, 0) is 10.4 Å². The van der Waals surface area contributed by atoms with Gasteiger partial charge in [-0.25, -0.2) is 0 Å². The molecule has 140 valence electrons. The molecule has 0 aromatic heterocycles. The highest BCUT2D eigenvalue weighted by molar-refractivity contribution is 7.79. The van der Waals surface area contributed by atoms with Gasteiger partial charge >= 0.3 is 10.4 Å². The lowest BCUT2D eigenvalue weighted by Crippen LogP contribution is -1.89. The summed E-state index contributed by atoms with van der Waals surface area (Å²) in [6.45, 7) is 0. The Morgan fingerprint density at radius 1 is 0.556 bits per heavy atom. The molecule has 0 aliphatic heterocycles. The van der Waals surface area contributed by atoms with Crippen molar-refractivity contribution in [2.24, 2.45) is 0 Å². The van der Waals surface area contributed by atoms with Crippen LogP contribution in [0.2, 0.25) is 0 Å². The largest absolute Gasteiger partial charge is 0.399 e. The van der Waals surface area contributed by atoms with Crippen LogP contribution in [0.25, 0.3) is 21.5 Å². The molecule has 27 heavy (non-hydrogen) atoms. The zero-order chi connectivity index (χ0) is 19.9. The van der Waals surface area contributed by atoms with Crippen molar-refractivity contribution < 1.29 is 17.5 Å². The minimum absolute atomic E-state index is 0.823. The van der Waals surface area contributed by atoms with Crippen LogP contribution >= 0.6 is 0 Å². The molecule has 6 nitrogen and oxygen atoms in total. The van der Waals surface area contributed by atoms with E-state index in [2.05, 4.69) is 24.3 Å². The summed E-state index contributed by atoms with van der Waals surface area (Å²) >= 11 is 0. The Labute approximate surface area is 157 Å². The van der Waals surface area contributed by atoms with Crippen LogP contribution in [-0.4, -0.2) is 17.5 Å². The summed E-state index contributed by atoms with van der Waals surface area (Å²) in [6.07, 6.45) is 0. The number of hydrogen-bond acceptors (Lipinski definition) is 4. The molecule has 4 rings (SSSR count). The minimum atomic E-state index is -4.67. The third kappa shape index (κ3) is 7.33. The highest BCUT2D eigenvalue weighted by Gasteiger charge is 1.91. The average Bonchev–Trinajstić information content (AvgIpc) is 2.60. The predicted octanol–water partition coefficient (Wildman–Crippen LogP) is 4.19. The second kappa shape index (κ2) is 9.00. The Kier molecular flexibility index (Phi) is 6.73. The van der Waals surface area contributed by atoms with E-state index in [1.165, 1.54) is 21.5 Å². The fraction of sp³-hybridized carbons (Fsp3) is 0. The zero-order valence-corrected chi connectivity index (χ0v) is 15.2. The smallest absolute Gasteiger partial charge is 0.394 e. The first-order valence-electron chi connectivity index (χ1n) is 7.91. The van der Waals surface area contributed by atoms with Crippen LogP contribution in [0.1, 0.15) is 0 Å². The third-order valence-corrected chi connectivity index (χ3v) is 3.55. The molecule has 0 aliphatic rings. The molecule has 0 radical (unpaired) electrons. The first kappa shape index (κ1) is 20.2. The van der Waals surface area contributed by atoms with Crippen molar-refractivity contribution >= 4 is 43.3 Å². The van der Waals surface area contributed by atoms with Gasteiger partial charge in [0, 0.05) is 11.4 Å². The maximum Gasteiger partial charge on any atom is 0.394 e. The van der Waals surface area contributed by atoms with Gasteiger partial charge in [-0.2, -0.15) is 8.42 Å². The van der Waals surface area contributed by atoms with E-state index < -0.39 is 10.4 Å². The molecule has 0 fully saturated rings. The number of rotatable bonds is 0. The Hall–Kier alpha value is -3.13. The Morgan fingerprint density at radius 3 is 1.19 bits per heavy atom. The first-order valence-corrected chi connectivity index (χ1v) is 9.30. The Balaban J connectivity index is 0.000000157.